The Kier molecular flexibility index (Phi) is 50.2. The van der Waals surface area contributed by atoms with Gasteiger partial charge in [0, 0.05) is 0 Å². The second-order valence-electron chi connectivity index (χ2n) is 0.993. The number of hydrogen-bond acceptors (Lipinski definition) is 2. The Morgan fingerprint density at radius 1 is 1.12 bits per heavy atom. The summed E-state index contributed by atoms with van der Waals surface area (Å²) in [4.78, 5) is 0. The largest absolute Gasteiger partial charge is 2.00 e. The summed E-state index contributed by atoms with van der Waals surface area (Å²) in [5.41, 5.74) is 0. The summed E-state index contributed by atoms with van der Waals surface area (Å²) < 4.78 is 0. The third kappa shape index (κ3) is 76.0. The Balaban J connectivity index is -0.0000000575. The van der Waals surface area contributed by atoms with Crippen molar-refractivity contribution in [1.82, 2.24) is 0 Å². The van der Waals surface area contributed by atoms with E-state index in [4.69, 9.17) is 5.11 Å². The van der Waals surface area contributed by atoms with Gasteiger partial charge in [-0.05, 0) is 0 Å². The minimum Gasteiger partial charge on any atom is -0.855 e. The average Bonchev–Trinajstić information content (AvgIpc) is 1.69. The van der Waals surface area contributed by atoms with E-state index in [1.165, 1.54) is 0 Å². The van der Waals surface area contributed by atoms with Crippen LogP contribution in [0.5, 0.6) is 0 Å². The molecule has 0 aromatic heterocycles. The summed E-state index contributed by atoms with van der Waals surface area (Å²) in [6.45, 7) is 3.51. The van der Waals surface area contributed by atoms with E-state index in [0.29, 0.717) is 0 Å². The molecule has 0 spiro atoms. The van der Waals surface area contributed by atoms with Crippen molar-refractivity contribution in [2.45, 2.75) is 20.3 Å². The van der Waals surface area contributed by atoms with Crippen molar-refractivity contribution in [3.63, 3.8) is 0 Å². The van der Waals surface area contributed by atoms with Crippen LogP contribution in [0, 0.1) is 0 Å². The molecule has 0 aliphatic rings. The van der Waals surface area contributed by atoms with Gasteiger partial charge in [-0.25, -0.2) is 0 Å². The molecule has 0 amide bonds. The fourth-order valence-electron chi connectivity index (χ4n) is 0. The molecule has 3 heteroatoms. The van der Waals surface area contributed by atoms with Crippen molar-refractivity contribution < 1.29 is 10.2 Å². The first-order valence-corrected chi connectivity index (χ1v) is 2.49. The summed E-state index contributed by atoms with van der Waals surface area (Å²) in [5, 5.41) is 18.2. The molecule has 0 aliphatic carbocycles. The minimum atomic E-state index is 0. The Hall–Kier alpha value is 0.686. The van der Waals surface area contributed by atoms with E-state index in [1.807, 2.05) is 6.92 Å². The molecule has 0 N–H and O–H groups in total. The van der Waals surface area contributed by atoms with Gasteiger partial charge in [0.2, 0.25) is 0 Å². The monoisotopic (exact) mass is 128 g/mol. The fourth-order valence-corrected chi connectivity index (χ4v) is 0. The Morgan fingerprint density at radius 2 is 1.25 bits per heavy atom. The molecule has 0 aliphatic heterocycles. The normalized spacial score (nSPS) is 6.00. The van der Waals surface area contributed by atoms with Gasteiger partial charge in [-0.2, -0.15) is 0 Å². The summed E-state index contributed by atoms with van der Waals surface area (Å²) in [6.07, 6.45) is 0.764. The molecular formula is C5H12MgO2. The van der Waals surface area contributed by atoms with Crippen LogP contribution in [0.3, 0.4) is 0 Å². The molecule has 0 aromatic carbocycles. The van der Waals surface area contributed by atoms with Gasteiger partial charge in [0.1, 0.15) is 0 Å². The van der Waals surface area contributed by atoms with Gasteiger partial charge in [0.15, 0.2) is 0 Å². The van der Waals surface area contributed by atoms with Gasteiger partial charge < -0.3 is 10.2 Å². The maximum atomic E-state index is 9.30. The molecule has 0 radical (unpaired) electrons. The smallest absolute Gasteiger partial charge is 0.855 e. The van der Waals surface area contributed by atoms with Crippen LogP contribution in [0.2, 0.25) is 0 Å². The van der Waals surface area contributed by atoms with E-state index < -0.39 is 0 Å². The molecule has 0 aromatic rings. The van der Waals surface area contributed by atoms with Crippen LogP contribution in [0.15, 0.2) is 0 Å². The Morgan fingerprint density at radius 3 is 1.25 bits per heavy atom. The van der Waals surface area contributed by atoms with Crippen LogP contribution in [-0.4, -0.2) is 36.3 Å². The van der Waals surface area contributed by atoms with Crippen LogP contribution in [0.1, 0.15) is 20.3 Å². The molecule has 46 valence electrons. The van der Waals surface area contributed by atoms with Crippen molar-refractivity contribution in [3.05, 3.63) is 0 Å². The molecule has 2 nitrogen and oxygen atoms in total. The van der Waals surface area contributed by atoms with Crippen LogP contribution in [-0.2, 0) is 0 Å². The van der Waals surface area contributed by atoms with E-state index in [1.54, 1.807) is 6.92 Å². The predicted octanol–water partition coefficient (Wildman–Crippen LogP) is -1.26. The first-order chi connectivity index (χ1) is 3.33. The van der Waals surface area contributed by atoms with Crippen molar-refractivity contribution in [1.29, 1.82) is 0 Å². The molecule has 0 heterocycles. The van der Waals surface area contributed by atoms with Crippen molar-refractivity contribution >= 4 is 23.1 Å². The summed E-state index contributed by atoms with van der Waals surface area (Å²) in [5.74, 6) is 0. The standard InChI is InChI=1S/C3H7O.C2H5O.Mg/c1-2-3-4;1-2-3;/h2-3H2,1H3;2H2,1H3;/q2*-1;+2. The maximum Gasteiger partial charge on any atom is 2.00 e. The summed E-state index contributed by atoms with van der Waals surface area (Å²) >= 11 is 0. The van der Waals surface area contributed by atoms with Gasteiger partial charge in [-0.3, -0.25) is 0 Å². The first-order valence-electron chi connectivity index (χ1n) is 2.49. The molecule has 0 unspecified atom stereocenters. The van der Waals surface area contributed by atoms with Crippen molar-refractivity contribution in [2.75, 3.05) is 13.2 Å². The first kappa shape index (κ1) is 15.9. The van der Waals surface area contributed by atoms with Gasteiger partial charge in [-0.1, -0.05) is 20.3 Å². The van der Waals surface area contributed by atoms with Crippen LogP contribution < -0.4 is 10.2 Å². The third-order valence-corrected chi connectivity index (χ3v) is 0.204. The molecule has 0 bridgehead atoms. The molecule has 0 fully saturated rings. The van der Waals surface area contributed by atoms with E-state index in [9.17, 15) is 5.11 Å². The van der Waals surface area contributed by atoms with E-state index in [2.05, 4.69) is 0 Å². The zero-order valence-electron chi connectivity index (χ0n) is 5.64. The molecular weight excluding hydrogens is 116 g/mol. The van der Waals surface area contributed by atoms with Gasteiger partial charge in [0.05, 0.1) is 0 Å². The number of hydrogen-bond donors (Lipinski definition) is 0. The van der Waals surface area contributed by atoms with E-state index >= 15 is 0 Å². The third-order valence-electron chi connectivity index (χ3n) is 0.204. The SMILES string of the molecule is CCC[O-].CC[O-].[Mg+2]. The average molecular weight is 128 g/mol. The van der Waals surface area contributed by atoms with Gasteiger partial charge >= 0.3 is 23.1 Å². The van der Waals surface area contributed by atoms with Gasteiger partial charge in [0.25, 0.3) is 0 Å². The van der Waals surface area contributed by atoms with Crippen LogP contribution >= 0.6 is 0 Å². The fraction of sp³-hybridized carbons (Fsp3) is 1.00. The predicted molar refractivity (Wildman–Crippen MR) is 31.5 cm³/mol. The molecule has 8 heavy (non-hydrogen) atoms. The van der Waals surface area contributed by atoms with Crippen LogP contribution in [0.4, 0.5) is 0 Å². The van der Waals surface area contributed by atoms with Crippen molar-refractivity contribution in [3.8, 4) is 0 Å². The van der Waals surface area contributed by atoms with Crippen LogP contribution in [0.25, 0.3) is 0 Å². The van der Waals surface area contributed by atoms with E-state index in [0.717, 1.165) is 6.42 Å². The van der Waals surface area contributed by atoms with Gasteiger partial charge in [-0.15, -0.1) is 13.2 Å². The quantitative estimate of drug-likeness (QED) is 0.414. The van der Waals surface area contributed by atoms with E-state index in [-0.39, 0.29) is 36.3 Å². The Labute approximate surface area is 67.1 Å². The maximum absolute atomic E-state index is 9.30. The summed E-state index contributed by atoms with van der Waals surface area (Å²) in [7, 11) is 0. The zero-order chi connectivity index (χ0) is 6.12. The molecule has 0 atom stereocenters. The molecule has 0 saturated carbocycles. The number of rotatable bonds is 1. The summed E-state index contributed by atoms with van der Waals surface area (Å²) in [6, 6.07) is 0. The molecule has 0 rings (SSSR count). The second kappa shape index (κ2) is 25.3. The zero-order valence-corrected chi connectivity index (χ0v) is 7.06. The molecule has 0 saturated heterocycles. The Bertz CT molecular complexity index is 17.9. The van der Waals surface area contributed by atoms with Crippen molar-refractivity contribution in [2.24, 2.45) is 0 Å². The second-order valence-corrected chi connectivity index (χ2v) is 0.993. The minimum absolute atomic E-state index is 0. The topological polar surface area (TPSA) is 46.1 Å².